The van der Waals surface area contributed by atoms with Crippen molar-refractivity contribution in [3.05, 3.63) is 59.7 Å². The summed E-state index contributed by atoms with van der Waals surface area (Å²) in [5.41, 5.74) is 8.86. The first-order valence-electron chi connectivity index (χ1n) is 5.78. The number of phenols is 1. The van der Waals surface area contributed by atoms with Crippen molar-refractivity contribution in [1.82, 2.24) is 0 Å². The second kappa shape index (κ2) is 4.91. The minimum absolute atomic E-state index is 0.326. The molecule has 0 bridgehead atoms. The summed E-state index contributed by atoms with van der Waals surface area (Å²) >= 11 is 0. The highest BCUT2D eigenvalue weighted by Gasteiger charge is 2.07. The standard InChI is InChI=1S/C15H17NO/c1-11(13-3-2-4-15(17)10-13)9-12-5-7-14(16)8-6-12/h2-8,10-11,17H,9,16H2,1H3. The molecule has 0 fully saturated rings. The van der Waals surface area contributed by atoms with E-state index in [4.69, 9.17) is 5.73 Å². The van der Waals surface area contributed by atoms with Crippen molar-refractivity contribution < 1.29 is 5.11 Å². The quantitative estimate of drug-likeness (QED) is 0.790. The lowest BCUT2D eigenvalue weighted by molar-refractivity contribution is 0.474. The average Bonchev–Trinajstić information content (AvgIpc) is 2.32. The van der Waals surface area contributed by atoms with Crippen LogP contribution in [0.2, 0.25) is 0 Å². The van der Waals surface area contributed by atoms with Crippen LogP contribution >= 0.6 is 0 Å². The summed E-state index contributed by atoms with van der Waals surface area (Å²) in [5, 5.41) is 9.45. The second-order valence-electron chi connectivity index (χ2n) is 4.44. The van der Waals surface area contributed by atoms with Crippen LogP contribution in [0.25, 0.3) is 0 Å². The molecule has 3 N–H and O–H groups in total. The number of hydrogen-bond donors (Lipinski definition) is 2. The Kier molecular flexibility index (Phi) is 3.33. The van der Waals surface area contributed by atoms with E-state index in [2.05, 4.69) is 19.1 Å². The second-order valence-corrected chi connectivity index (χ2v) is 4.44. The minimum Gasteiger partial charge on any atom is -0.508 e. The fraction of sp³-hybridized carbons (Fsp3) is 0.200. The van der Waals surface area contributed by atoms with Crippen LogP contribution in [0.3, 0.4) is 0 Å². The third-order valence-corrected chi connectivity index (χ3v) is 2.96. The molecule has 0 saturated heterocycles. The molecule has 2 nitrogen and oxygen atoms in total. The Morgan fingerprint density at radius 2 is 1.82 bits per heavy atom. The maximum atomic E-state index is 9.45. The van der Waals surface area contributed by atoms with Crippen LogP contribution in [0.1, 0.15) is 24.0 Å². The number of anilines is 1. The number of nitrogen functional groups attached to an aromatic ring is 1. The van der Waals surface area contributed by atoms with Gasteiger partial charge in [0.05, 0.1) is 0 Å². The molecule has 0 aliphatic rings. The van der Waals surface area contributed by atoms with E-state index in [1.807, 2.05) is 30.3 Å². The zero-order chi connectivity index (χ0) is 12.3. The number of hydrogen-bond acceptors (Lipinski definition) is 2. The monoisotopic (exact) mass is 227 g/mol. The molecular weight excluding hydrogens is 210 g/mol. The van der Waals surface area contributed by atoms with Crippen LogP contribution < -0.4 is 5.73 Å². The van der Waals surface area contributed by atoms with Gasteiger partial charge in [0.1, 0.15) is 5.75 Å². The van der Waals surface area contributed by atoms with E-state index in [9.17, 15) is 5.11 Å². The normalized spacial score (nSPS) is 12.3. The number of aromatic hydroxyl groups is 1. The van der Waals surface area contributed by atoms with Gasteiger partial charge in [-0.1, -0.05) is 31.2 Å². The molecule has 2 rings (SSSR count). The van der Waals surface area contributed by atoms with Crippen LogP contribution in [0, 0.1) is 0 Å². The molecule has 2 aromatic rings. The van der Waals surface area contributed by atoms with E-state index in [0.717, 1.165) is 17.7 Å². The summed E-state index contributed by atoms with van der Waals surface area (Å²) < 4.78 is 0. The lowest BCUT2D eigenvalue weighted by Crippen LogP contribution is -1.98. The van der Waals surface area contributed by atoms with E-state index in [0.29, 0.717) is 11.7 Å². The largest absolute Gasteiger partial charge is 0.508 e. The fourth-order valence-corrected chi connectivity index (χ4v) is 1.96. The molecule has 2 aromatic carbocycles. The predicted molar refractivity (Wildman–Crippen MR) is 71.1 cm³/mol. The third-order valence-electron chi connectivity index (χ3n) is 2.96. The summed E-state index contributed by atoms with van der Waals surface area (Å²) in [4.78, 5) is 0. The topological polar surface area (TPSA) is 46.2 Å². The highest BCUT2D eigenvalue weighted by Crippen LogP contribution is 2.23. The smallest absolute Gasteiger partial charge is 0.115 e. The Hall–Kier alpha value is -1.96. The Balaban J connectivity index is 2.11. The molecule has 2 heteroatoms. The van der Waals surface area contributed by atoms with Gasteiger partial charge in [0, 0.05) is 5.69 Å². The van der Waals surface area contributed by atoms with E-state index < -0.39 is 0 Å². The van der Waals surface area contributed by atoms with Crippen molar-refractivity contribution >= 4 is 5.69 Å². The van der Waals surface area contributed by atoms with E-state index in [1.54, 1.807) is 6.07 Å². The maximum absolute atomic E-state index is 9.45. The van der Waals surface area contributed by atoms with Gasteiger partial charge in [-0.2, -0.15) is 0 Å². The molecule has 0 spiro atoms. The van der Waals surface area contributed by atoms with Gasteiger partial charge < -0.3 is 10.8 Å². The molecular formula is C15H17NO. The summed E-state index contributed by atoms with van der Waals surface area (Å²) in [6, 6.07) is 15.4. The van der Waals surface area contributed by atoms with Crippen LogP contribution in [0.4, 0.5) is 5.69 Å². The summed E-state index contributed by atoms with van der Waals surface area (Å²) in [6.45, 7) is 2.16. The zero-order valence-corrected chi connectivity index (χ0v) is 9.93. The van der Waals surface area contributed by atoms with Crippen LogP contribution in [-0.2, 0) is 6.42 Å². The Bertz CT molecular complexity index is 491. The number of phenolic OH excluding ortho intramolecular Hbond substituents is 1. The highest BCUT2D eigenvalue weighted by atomic mass is 16.3. The molecule has 0 aromatic heterocycles. The summed E-state index contributed by atoms with van der Waals surface area (Å²) in [6.07, 6.45) is 0.948. The van der Waals surface area contributed by atoms with E-state index in [-0.39, 0.29) is 0 Å². The van der Waals surface area contributed by atoms with Gasteiger partial charge in [-0.25, -0.2) is 0 Å². The van der Waals surface area contributed by atoms with Crippen molar-refractivity contribution in [2.45, 2.75) is 19.3 Å². The van der Waals surface area contributed by atoms with Gasteiger partial charge in [0.15, 0.2) is 0 Å². The van der Waals surface area contributed by atoms with Gasteiger partial charge in [-0.05, 0) is 47.7 Å². The fourth-order valence-electron chi connectivity index (χ4n) is 1.96. The highest BCUT2D eigenvalue weighted by molar-refractivity contribution is 5.40. The van der Waals surface area contributed by atoms with Crippen molar-refractivity contribution in [2.24, 2.45) is 0 Å². The van der Waals surface area contributed by atoms with Crippen molar-refractivity contribution in [3.63, 3.8) is 0 Å². The lowest BCUT2D eigenvalue weighted by atomic mass is 9.93. The summed E-state index contributed by atoms with van der Waals surface area (Å²) in [7, 11) is 0. The molecule has 1 unspecified atom stereocenters. The Labute approximate surface area is 102 Å². The molecule has 0 radical (unpaired) electrons. The van der Waals surface area contributed by atoms with Gasteiger partial charge >= 0.3 is 0 Å². The van der Waals surface area contributed by atoms with Gasteiger partial charge in [-0.15, -0.1) is 0 Å². The van der Waals surface area contributed by atoms with Crippen LogP contribution in [-0.4, -0.2) is 5.11 Å². The Morgan fingerprint density at radius 3 is 2.47 bits per heavy atom. The van der Waals surface area contributed by atoms with Gasteiger partial charge in [0.25, 0.3) is 0 Å². The molecule has 17 heavy (non-hydrogen) atoms. The molecule has 1 atom stereocenters. The number of benzene rings is 2. The molecule has 0 heterocycles. The van der Waals surface area contributed by atoms with Crippen LogP contribution in [0.5, 0.6) is 5.75 Å². The average molecular weight is 227 g/mol. The predicted octanol–water partition coefficient (Wildman–Crippen LogP) is 3.32. The first kappa shape index (κ1) is 11.5. The lowest BCUT2D eigenvalue weighted by Gasteiger charge is -2.12. The molecule has 88 valence electrons. The third kappa shape index (κ3) is 3.00. The number of nitrogens with two attached hydrogens (primary N) is 1. The molecule has 0 amide bonds. The van der Waals surface area contributed by atoms with Crippen molar-refractivity contribution in [2.75, 3.05) is 5.73 Å². The van der Waals surface area contributed by atoms with E-state index >= 15 is 0 Å². The van der Waals surface area contributed by atoms with E-state index in [1.165, 1.54) is 5.56 Å². The zero-order valence-electron chi connectivity index (χ0n) is 9.93. The van der Waals surface area contributed by atoms with Crippen LogP contribution in [0.15, 0.2) is 48.5 Å². The van der Waals surface area contributed by atoms with Crippen molar-refractivity contribution in [1.29, 1.82) is 0 Å². The first-order chi connectivity index (χ1) is 8.15. The molecule has 0 aliphatic heterocycles. The van der Waals surface area contributed by atoms with Crippen molar-refractivity contribution in [3.8, 4) is 5.75 Å². The SMILES string of the molecule is CC(Cc1ccc(N)cc1)c1cccc(O)c1. The van der Waals surface area contributed by atoms with Gasteiger partial charge in [0.2, 0.25) is 0 Å². The Morgan fingerprint density at radius 1 is 1.12 bits per heavy atom. The number of rotatable bonds is 3. The maximum Gasteiger partial charge on any atom is 0.115 e. The molecule has 0 saturated carbocycles. The first-order valence-corrected chi connectivity index (χ1v) is 5.78. The summed E-state index contributed by atoms with van der Waals surface area (Å²) in [5.74, 6) is 0.706. The van der Waals surface area contributed by atoms with Gasteiger partial charge in [-0.3, -0.25) is 0 Å². The molecule has 0 aliphatic carbocycles. The minimum atomic E-state index is 0.326.